The maximum Gasteiger partial charge on any atom is 0.271 e. The fourth-order valence-corrected chi connectivity index (χ4v) is 2.52. The second-order valence-electron chi connectivity index (χ2n) is 4.36. The Balaban J connectivity index is 2.15. The van der Waals surface area contributed by atoms with Gasteiger partial charge in [-0.3, -0.25) is 10.1 Å². The summed E-state index contributed by atoms with van der Waals surface area (Å²) in [6, 6.07) is 10.8. The number of benzene rings is 2. The van der Waals surface area contributed by atoms with Crippen molar-refractivity contribution in [1.29, 1.82) is 0 Å². The van der Waals surface area contributed by atoms with Crippen LogP contribution in [0.2, 0.25) is 0 Å². The number of nitrogens with one attached hydrogen (secondary N) is 1. The molecule has 2 aromatic carbocycles. The van der Waals surface area contributed by atoms with Crippen molar-refractivity contribution in [3.63, 3.8) is 0 Å². The van der Waals surface area contributed by atoms with Crippen molar-refractivity contribution in [1.82, 2.24) is 0 Å². The minimum atomic E-state index is -0.403. The largest absolute Gasteiger partial charge is 0.380 e. The molecular weight excluding hydrogens is 388 g/mol. The molecule has 0 radical (unpaired) electrons. The summed E-state index contributed by atoms with van der Waals surface area (Å²) in [7, 11) is 0. The van der Waals surface area contributed by atoms with Gasteiger partial charge in [0.15, 0.2) is 0 Å². The number of halogens is 2. The third-order valence-corrected chi connectivity index (χ3v) is 4.43. The summed E-state index contributed by atoms with van der Waals surface area (Å²) in [5, 5.41) is 14.0. The molecule has 0 spiro atoms. The average Bonchev–Trinajstić information content (AvgIpc) is 2.41. The molecule has 1 N–H and O–H groups in total. The summed E-state index contributed by atoms with van der Waals surface area (Å²) in [6.07, 6.45) is 0. The summed E-state index contributed by atoms with van der Waals surface area (Å²) < 4.78 is 1.85. The number of aryl methyl sites for hydroxylation is 1. The van der Waals surface area contributed by atoms with Crippen LogP contribution >= 0.6 is 31.9 Å². The SMILES string of the molecule is Cc1ccc(CNc2cc([N+](=O)[O-])ccc2Br)cc1Br. The van der Waals surface area contributed by atoms with Crippen molar-refractivity contribution >= 4 is 43.2 Å². The normalized spacial score (nSPS) is 10.3. The molecule has 6 heteroatoms. The third-order valence-electron chi connectivity index (χ3n) is 2.88. The van der Waals surface area contributed by atoms with E-state index in [-0.39, 0.29) is 5.69 Å². The molecule has 2 rings (SSSR count). The van der Waals surface area contributed by atoms with E-state index < -0.39 is 4.92 Å². The number of nitro benzene ring substituents is 1. The lowest BCUT2D eigenvalue weighted by atomic mass is 10.1. The van der Waals surface area contributed by atoms with Crippen molar-refractivity contribution < 1.29 is 4.92 Å². The number of anilines is 1. The monoisotopic (exact) mass is 398 g/mol. The number of hydrogen-bond acceptors (Lipinski definition) is 3. The number of hydrogen-bond donors (Lipinski definition) is 1. The van der Waals surface area contributed by atoms with Crippen LogP contribution in [0.5, 0.6) is 0 Å². The summed E-state index contributed by atoms with van der Waals surface area (Å²) in [5.41, 5.74) is 3.04. The molecule has 0 atom stereocenters. The van der Waals surface area contributed by atoms with Crippen LogP contribution in [0.3, 0.4) is 0 Å². The van der Waals surface area contributed by atoms with Crippen molar-refractivity contribution in [2.45, 2.75) is 13.5 Å². The van der Waals surface area contributed by atoms with Crippen LogP contribution in [0, 0.1) is 17.0 Å². The Morgan fingerprint density at radius 1 is 1.15 bits per heavy atom. The first kappa shape index (κ1) is 15.0. The van der Waals surface area contributed by atoms with Gasteiger partial charge in [-0.15, -0.1) is 0 Å². The zero-order chi connectivity index (χ0) is 14.7. The van der Waals surface area contributed by atoms with E-state index in [1.54, 1.807) is 6.07 Å². The molecule has 0 saturated carbocycles. The minimum absolute atomic E-state index is 0.0702. The molecule has 0 aromatic heterocycles. The Morgan fingerprint density at radius 2 is 1.90 bits per heavy atom. The van der Waals surface area contributed by atoms with E-state index in [9.17, 15) is 10.1 Å². The summed E-state index contributed by atoms with van der Waals surface area (Å²) in [6.45, 7) is 2.62. The molecule has 0 heterocycles. The number of nitro groups is 1. The number of non-ortho nitro benzene ring substituents is 1. The molecule has 0 saturated heterocycles. The molecule has 4 nitrogen and oxygen atoms in total. The van der Waals surface area contributed by atoms with Gasteiger partial charge < -0.3 is 5.32 Å². The lowest BCUT2D eigenvalue weighted by molar-refractivity contribution is -0.384. The topological polar surface area (TPSA) is 55.2 Å². The van der Waals surface area contributed by atoms with Crippen LogP contribution in [-0.4, -0.2) is 4.92 Å². The summed E-state index contributed by atoms with van der Waals surface area (Å²) in [4.78, 5) is 10.4. The molecule has 0 fully saturated rings. The molecule has 0 aliphatic rings. The van der Waals surface area contributed by atoms with Crippen LogP contribution in [-0.2, 0) is 6.54 Å². The first-order valence-corrected chi connectivity index (χ1v) is 7.49. The second kappa shape index (κ2) is 6.37. The standard InChI is InChI=1S/C14H12Br2N2O2/c1-9-2-3-10(6-13(9)16)8-17-14-7-11(18(19)20)4-5-12(14)15/h2-7,17H,8H2,1H3. The van der Waals surface area contributed by atoms with Crippen LogP contribution in [0.25, 0.3) is 0 Å². The van der Waals surface area contributed by atoms with Gasteiger partial charge in [-0.2, -0.15) is 0 Å². The molecule has 0 unspecified atom stereocenters. The summed E-state index contributed by atoms with van der Waals surface area (Å²) >= 11 is 6.88. The third kappa shape index (κ3) is 3.58. The molecule has 20 heavy (non-hydrogen) atoms. The van der Waals surface area contributed by atoms with Gasteiger partial charge in [0, 0.05) is 27.6 Å². The van der Waals surface area contributed by atoms with E-state index in [1.807, 2.05) is 25.1 Å². The van der Waals surface area contributed by atoms with Gasteiger partial charge in [0.2, 0.25) is 0 Å². The zero-order valence-electron chi connectivity index (χ0n) is 10.7. The van der Waals surface area contributed by atoms with Gasteiger partial charge in [-0.1, -0.05) is 28.1 Å². The highest BCUT2D eigenvalue weighted by Crippen LogP contribution is 2.28. The molecular formula is C14H12Br2N2O2. The van der Waals surface area contributed by atoms with Crippen LogP contribution < -0.4 is 5.32 Å². The van der Waals surface area contributed by atoms with Gasteiger partial charge in [-0.05, 0) is 46.1 Å². The first-order chi connectivity index (χ1) is 9.47. The quantitative estimate of drug-likeness (QED) is 0.578. The fourth-order valence-electron chi connectivity index (χ4n) is 1.71. The second-order valence-corrected chi connectivity index (χ2v) is 6.07. The summed E-state index contributed by atoms with van der Waals surface area (Å²) in [5.74, 6) is 0. The Morgan fingerprint density at radius 3 is 2.55 bits per heavy atom. The highest BCUT2D eigenvalue weighted by atomic mass is 79.9. The van der Waals surface area contributed by atoms with Crippen molar-refractivity contribution in [2.75, 3.05) is 5.32 Å². The van der Waals surface area contributed by atoms with Crippen LogP contribution in [0.15, 0.2) is 45.3 Å². The van der Waals surface area contributed by atoms with Crippen molar-refractivity contribution in [3.05, 3.63) is 66.6 Å². The highest BCUT2D eigenvalue weighted by Gasteiger charge is 2.09. The zero-order valence-corrected chi connectivity index (χ0v) is 13.9. The molecule has 0 bridgehead atoms. The van der Waals surface area contributed by atoms with E-state index >= 15 is 0 Å². The molecule has 0 aliphatic heterocycles. The number of rotatable bonds is 4. The van der Waals surface area contributed by atoms with Crippen molar-refractivity contribution in [3.8, 4) is 0 Å². The number of nitrogens with zero attached hydrogens (tertiary/aromatic N) is 1. The molecule has 2 aromatic rings. The fraction of sp³-hybridized carbons (Fsp3) is 0.143. The van der Waals surface area contributed by atoms with Gasteiger partial charge in [-0.25, -0.2) is 0 Å². The lowest BCUT2D eigenvalue weighted by Gasteiger charge is -2.09. The molecule has 0 amide bonds. The van der Waals surface area contributed by atoms with Gasteiger partial charge in [0.1, 0.15) is 0 Å². The maximum absolute atomic E-state index is 10.8. The Hall–Kier alpha value is -1.40. The molecule has 0 aliphatic carbocycles. The Kier molecular flexibility index (Phi) is 4.77. The van der Waals surface area contributed by atoms with E-state index in [2.05, 4.69) is 37.2 Å². The van der Waals surface area contributed by atoms with Gasteiger partial charge >= 0.3 is 0 Å². The van der Waals surface area contributed by atoms with E-state index in [4.69, 9.17) is 0 Å². The van der Waals surface area contributed by atoms with E-state index in [1.165, 1.54) is 17.7 Å². The Labute approximate surface area is 133 Å². The van der Waals surface area contributed by atoms with Crippen LogP contribution in [0.4, 0.5) is 11.4 Å². The average molecular weight is 400 g/mol. The van der Waals surface area contributed by atoms with Gasteiger partial charge in [0.05, 0.1) is 10.6 Å². The first-order valence-electron chi connectivity index (χ1n) is 5.90. The van der Waals surface area contributed by atoms with E-state index in [0.717, 1.165) is 14.5 Å². The van der Waals surface area contributed by atoms with E-state index in [0.29, 0.717) is 12.2 Å². The van der Waals surface area contributed by atoms with Gasteiger partial charge in [0.25, 0.3) is 5.69 Å². The minimum Gasteiger partial charge on any atom is -0.380 e. The maximum atomic E-state index is 10.8. The predicted molar refractivity (Wildman–Crippen MR) is 87.0 cm³/mol. The Bertz CT molecular complexity index is 660. The lowest BCUT2D eigenvalue weighted by Crippen LogP contribution is -2.01. The predicted octanol–water partition coefficient (Wildman–Crippen LogP) is 5.04. The molecule has 104 valence electrons. The highest BCUT2D eigenvalue weighted by molar-refractivity contribution is 9.10. The van der Waals surface area contributed by atoms with Crippen molar-refractivity contribution in [2.24, 2.45) is 0 Å². The smallest absolute Gasteiger partial charge is 0.271 e. The van der Waals surface area contributed by atoms with Crippen LogP contribution in [0.1, 0.15) is 11.1 Å².